The lowest BCUT2D eigenvalue weighted by Crippen LogP contribution is -2.52. The summed E-state index contributed by atoms with van der Waals surface area (Å²) < 4.78 is 0. The Morgan fingerprint density at radius 3 is 2.19 bits per heavy atom. The third-order valence-corrected chi connectivity index (χ3v) is 7.26. The van der Waals surface area contributed by atoms with Crippen LogP contribution in [-0.4, -0.2) is 35.7 Å². The van der Waals surface area contributed by atoms with Crippen molar-refractivity contribution in [1.82, 2.24) is 15.8 Å². The predicted molar refractivity (Wildman–Crippen MR) is 96.5 cm³/mol. The zero-order valence-corrected chi connectivity index (χ0v) is 15.8. The number of likely N-dealkylation sites (tertiary alicyclic amines) is 1. The summed E-state index contributed by atoms with van der Waals surface area (Å²) in [6.45, 7) is 2.71. The second kappa shape index (κ2) is 6.86. The van der Waals surface area contributed by atoms with E-state index >= 15 is 0 Å². The summed E-state index contributed by atoms with van der Waals surface area (Å²) in [6, 6.07) is 0. The molecule has 4 aliphatic carbocycles. The zero-order valence-electron chi connectivity index (χ0n) is 15.8. The minimum atomic E-state index is -0.229. The quantitative estimate of drug-likeness (QED) is 0.755. The molecule has 1 saturated heterocycles. The van der Waals surface area contributed by atoms with Crippen LogP contribution in [0, 0.1) is 29.1 Å². The first-order valence-corrected chi connectivity index (χ1v) is 10.3. The normalized spacial score (nSPS) is 38.1. The van der Waals surface area contributed by atoms with E-state index in [1.807, 2.05) is 0 Å². The van der Waals surface area contributed by atoms with Crippen molar-refractivity contribution >= 4 is 17.7 Å². The molecule has 0 spiro atoms. The molecular formula is C20H31N3O3. The fourth-order valence-electron chi connectivity index (χ4n) is 6.60. The van der Waals surface area contributed by atoms with Crippen LogP contribution in [0.1, 0.15) is 64.7 Å². The van der Waals surface area contributed by atoms with Crippen LogP contribution in [0.4, 0.5) is 0 Å². The van der Waals surface area contributed by atoms with Crippen LogP contribution < -0.4 is 10.9 Å². The summed E-state index contributed by atoms with van der Waals surface area (Å²) in [7, 11) is 0. The molecule has 26 heavy (non-hydrogen) atoms. The molecule has 6 nitrogen and oxygen atoms in total. The van der Waals surface area contributed by atoms with Crippen molar-refractivity contribution in [2.24, 2.45) is 29.1 Å². The van der Waals surface area contributed by atoms with Crippen LogP contribution in [0.5, 0.6) is 0 Å². The highest BCUT2D eigenvalue weighted by atomic mass is 16.2. The van der Waals surface area contributed by atoms with Gasteiger partial charge in [-0.15, -0.1) is 0 Å². The molecule has 5 rings (SSSR count). The lowest BCUT2D eigenvalue weighted by Gasteiger charge is -2.56. The summed E-state index contributed by atoms with van der Waals surface area (Å²) >= 11 is 0. The van der Waals surface area contributed by atoms with Gasteiger partial charge in [0.2, 0.25) is 17.7 Å². The number of hydrazine groups is 1. The maximum absolute atomic E-state index is 12.5. The summed E-state index contributed by atoms with van der Waals surface area (Å²) in [5.41, 5.74) is 5.45. The van der Waals surface area contributed by atoms with Gasteiger partial charge in [0.1, 0.15) is 0 Å². The highest BCUT2D eigenvalue weighted by Gasteiger charge is 2.51. The molecule has 0 aromatic heterocycles. The number of carbonyl (C=O) groups is 3. The zero-order chi connectivity index (χ0) is 18.3. The number of rotatable bonds is 3. The number of hydrogen-bond acceptors (Lipinski definition) is 3. The molecule has 0 aromatic rings. The minimum absolute atomic E-state index is 0.00773. The topological polar surface area (TPSA) is 78.5 Å². The van der Waals surface area contributed by atoms with Gasteiger partial charge in [0.15, 0.2) is 0 Å². The highest BCUT2D eigenvalue weighted by molar-refractivity contribution is 5.84. The van der Waals surface area contributed by atoms with E-state index in [9.17, 15) is 14.4 Å². The van der Waals surface area contributed by atoms with Crippen molar-refractivity contribution in [2.75, 3.05) is 13.1 Å². The highest BCUT2D eigenvalue weighted by Crippen LogP contribution is 2.61. The largest absolute Gasteiger partial charge is 0.342 e. The fourth-order valence-corrected chi connectivity index (χ4v) is 6.60. The van der Waals surface area contributed by atoms with Gasteiger partial charge in [-0.25, -0.2) is 0 Å². The molecule has 6 heteroatoms. The Bertz CT molecular complexity index is 568. The molecule has 144 valence electrons. The number of amides is 3. The third kappa shape index (κ3) is 3.60. The minimum Gasteiger partial charge on any atom is -0.342 e. The summed E-state index contributed by atoms with van der Waals surface area (Å²) in [5.74, 6) is 2.02. The fraction of sp³-hybridized carbons (Fsp3) is 0.850. The van der Waals surface area contributed by atoms with Gasteiger partial charge < -0.3 is 4.90 Å². The molecule has 1 atom stereocenters. The Hall–Kier alpha value is -1.59. The Balaban J connectivity index is 1.26. The van der Waals surface area contributed by atoms with Gasteiger partial charge in [-0.1, -0.05) is 0 Å². The molecule has 4 bridgehead atoms. The second-order valence-electron chi connectivity index (χ2n) is 9.44. The monoisotopic (exact) mass is 361 g/mol. The van der Waals surface area contributed by atoms with Gasteiger partial charge in [-0.3, -0.25) is 25.2 Å². The molecule has 5 aliphatic rings. The number of nitrogens with zero attached hydrogens (tertiary/aromatic N) is 1. The number of nitrogens with one attached hydrogen (secondary N) is 2. The van der Waals surface area contributed by atoms with E-state index < -0.39 is 0 Å². The van der Waals surface area contributed by atoms with E-state index in [1.54, 1.807) is 4.90 Å². The predicted octanol–water partition coefficient (Wildman–Crippen LogP) is 2.00. The molecule has 2 N–H and O–H groups in total. The molecule has 0 radical (unpaired) electrons. The standard InChI is InChI=1S/C20H31N3O3/c1-13(24)23-4-2-3-17(12-23)19(26)22-21-18(25)11-20-8-14-5-15(9-20)7-16(6-14)10-20/h14-17H,2-12H2,1H3,(H,21,25)(H,22,26)/t14?,15?,16?,17-,20?/m1/s1. The first-order valence-electron chi connectivity index (χ1n) is 10.3. The van der Waals surface area contributed by atoms with Crippen molar-refractivity contribution in [3.8, 4) is 0 Å². The van der Waals surface area contributed by atoms with Crippen molar-refractivity contribution < 1.29 is 14.4 Å². The van der Waals surface area contributed by atoms with Crippen LogP contribution >= 0.6 is 0 Å². The molecule has 4 saturated carbocycles. The summed E-state index contributed by atoms with van der Waals surface area (Å²) in [4.78, 5) is 38.1. The Labute approximate surface area is 155 Å². The van der Waals surface area contributed by atoms with E-state index in [0.717, 1.165) is 37.1 Å². The average molecular weight is 361 g/mol. The van der Waals surface area contributed by atoms with Crippen molar-refractivity contribution in [2.45, 2.75) is 64.7 Å². The Morgan fingerprint density at radius 2 is 1.62 bits per heavy atom. The number of hydrogen-bond donors (Lipinski definition) is 2. The second-order valence-corrected chi connectivity index (χ2v) is 9.44. The number of piperidine rings is 1. The molecular weight excluding hydrogens is 330 g/mol. The SMILES string of the molecule is CC(=O)N1CCC[C@@H](C(=O)NNC(=O)CC23CC4CC(CC(C4)C2)C3)C1. The first kappa shape index (κ1) is 17.8. The summed E-state index contributed by atoms with van der Waals surface area (Å²) in [5, 5.41) is 0. The maximum Gasteiger partial charge on any atom is 0.243 e. The Kier molecular flexibility index (Phi) is 4.70. The lowest BCUT2D eigenvalue weighted by molar-refractivity contribution is -0.138. The van der Waals surface area contributed by atoms with E-state index in [0.29, 0.717) is 13.0 Å². The van der Waals surface area contributed by atoms with E-state index in [2.05, 4.69) is 10.9 Å². The Morgan fingerprint density at radius 1 is 1.00 bits per heavy atom. The van der Waals surface area contributed by atoms with Crippen LogP contribution in [0.3, 0.4) is 0 Å². The van der Waals surface area contributed by atoms with Gasteiger partial charge in [0.25, 0.3) is 0 Å². The summed E-state index contributed by atoms with van der Waals surface area (Å²) in [6.07, 6.45) is 9.81. The van der Waals surface area contributed by atoms with Crippen molar-refractivity contribution in [3.05, 3.63) is 0 Å². The van der Waals surface area contributed by atoms with E-state index in [1.165, 1.54) is 45.4 Å². The molecule has 3 amide bonds. The number of carbonyl (C=O) groups excluding carboxylic acids is 3. The third-order valence-electron chi connectivity index (χ3n) is 7.26. The van der Waals surface area contributed by atoms with Crippen LogP contribution in [-0.2, 0) is 14.4 Å². The van der Waals surface area contributed by atoms with Gasteiger partial charge in [-0.2, -0.15) is 0 Å². The molecule has 0 aromatic carbocycles. The molecule has 1 heterocycles. The van der Waals surface area contributed by atoms with Crippen molar-refractivity contribution in [3.63, 3.8) is 0 Å². The van der Waals surface area contributed by atoms with Gasteiger partial charge in [0.05, 0.1) is 5.92 Å². The maximum atomic E-state index is 12.5. The van der Waals surface area contributed by atoms with Gasteiger partial charge in [-0.05, 0) is 74.5 Å². The van der Waals surface area contributed by atoms with Crippen LogP contribution in [0.15, 0.2) is 0 Å². The van der Waals surface area contributed by atoms with Crippen LogP contribution in [0.2, 0.25) is 0 Å². The molecule has 0 unspecified atom stereocenters. The van der Waals surface area contributed by atoms with E-state index in [4.69, 9.17) is 0 Å². The van der Waals surface area contributed by atoms with E-state index in [-0.39, 0.29) is 29.1 Å². The van der Waals surface area contributed by atoms with Crippen molar-refractivity contribution in [1.29, 1.82) is 0 Å². The molecule has 5 fully saturated rings. The smallest absolute Gasteiger partial charge is 0.243 e. The van der Waals surface area contributed by atoms with Crippen LogP contribution in [0.25, 0.3) is 0 Å². The average Bonchev–Trinajstić information content (AvgIpc) is 2.58. The van der Waals surface area contributed by atoms with Gasteiger partial charge in [0, 0.05) is 26.4 Å². The molecule has 1 aliphatic heterocycles. The first-order chi connectivity index (χ1) is 12.4. The van der Waals surface area contributed by atoms with Gasteiger partial charge >= 0.3 is 0 Å². The lowest BCUT2D eigenvalue weighted by atomic mass is 9.49.